The molecule has 164 valence electrons. The zero-order chi connectivity index (χ0) is 21.6. The fourth-order valence-electron chi connectivity index (χ4n) is 2.40. The van der Waals surface area contributed by atoms with Crippen molar-refractivity contribution in [1.29, 1.82) is 0 Å². The average Bonchev–Trinajstić information content (AvgIpc) is 2.36. The van der Waals surface area contributed by atoms with E-state index in [1.54, 1.807) is 13.8 Å². The maximum Gasteiger partial charge on any atom is 0.490 e. The maximum atomic E-state index is 12.1. The van der Waals surface area contributed by atoms with Crippen LogP contribution in [0.25, 0.3) is 0 Å². The van der Waals surface area contributed by atoms with Gasteiger partial charge in [0.2, 0.25) is 0 Å². The van der Waals surface area contributed by atoms with Crippen LogP contribution in [0.15, 0.2) is 0 Å². The molecule has 0 radical (unpaired) electrons. The molecule has 0 bridgehead atoms. The number of phosphoric ester groups is 1. The molecule has 0 aliphatic carbocycles. The van der Waals surface area contributed by atoms with Crippen LogP contribution >= 0.6 is 23.5 Å². The third-order valence-corrected chi connectivity index (χ3v) is 7.20. The van der Waals surface area contributed by atoms with Crippen molar-refractivity contribution in [1.82, 2.24) is 0 Å². The van der Waals surface area contributed by atoms with Crippen molar-refractivity contribution in [2.24, 2.45) is 0 Å². The quantitative estimate of drug-likeness (QED) is 0.144. The van der Waals surface area contributed by atoms with Gasteiger partial charge in [-0.2, -0.15) is 8.62 Å². The van der Waals surface area contributed by atoms with Gasteiger partial charge in [0, 0.05) is 0 Å². The first-order chi connectivity index (χ1) is 11.9. The van der Waals surface area contributed by atoms with Crippen molar-refractivity contribution >= 4 is 23.5 Å². The van der Waals surface area contributed by atoms with Gasteiger partial charge in [-0.3, -0.25) is 4.52 Å². The molecule has 0 saturated heterocycles. The van der Waals surface area contributed by atoms with Crippen molar-refractivity contribution in [3.63, 3.8) is 0 Å². The molecule has 16 heteroatoms. The molecule has 0 rings (SSSR count). The highest BCUT2D eigenvalue weighted by molar-refractivity contribution is 7.66. The number of phosphoric acid groups is 3. The predicted octanol–water partition coefficient (Wildman–Crippen LogP) is 1.47. The Balaban J connectivity index is 5.66. The van der Waals surface area contributed by atoms with E-state index in [0.29, 0.717) is 25.7 Å². The summed E-state index contributed by atoms with van der Waals surface area (Å²) >= 11 is 0. The topological polar surface area (TPSA) is 221 Å². The number of aliphatic hydroxyl groups is 3. The predicted molar refractivity (Wildman–Crippen MR) is 90.7 cm³/mol. The van der Waals surface area contributed by atoms with Crippen molar-refractivity contribution < 1.29 is 61.7 Å². The van der Waals surface area contributed by atoms with E-state index < -0.39 is 41.5 Å². The molecule has 13 nitrogen and oxygen atoms in total. The molecule has 0 aliphatic rings. The maximum absolute atomic E-state index is 12.1. The molecule has 0 aliphatic heterocycles. The lowest BCUT2D eigenvalue weighted by Gasteiger charge is -2.37. The summed E-state index contributed by atoms with van der Waals surface area (Å²) < 4.78 is 46.5. The highest BCUT2D eigenvalue weighted by Crippen LogP contribution is 2.67. The molecule has 0 aromatic rings. The lowest BCUT2D eigenvalue weighted by molar-refractivity contribution is -0.330. The summed E-state index contributed by atoms with van der Waals surface area (Å²) in [6.45, 7) is 3.53. The second kappa shape index (κ2) is 10.4. The first kappa shape index (κ1) is 27.3. The van der Waals surface area contributed by atoms with E-state index in [2.05, 4.69) is 8.62 Å². The molecule has 0 heterocycles. The molecule has 0 aromatic heterocycles. The van der Waals surface area contributed by atoms with Gasteiger partial charge in [-0.05, 0) is 12.8 Å². The Morgan fingerprint density at radius 1 is 0.778 bits per heavy atom. The SMILES string of the molecule is CCCCC(CCCC)(CC(O)(O)O)OP(=O)(O)OP(=O)(O)OP(=O)(O)O. The second-order valence-electron chi connectivity index (χ2n) is 6.02. The summed E-state index contributed by atoms with van der Waals surface area (Å²) in [6.07, 6.45) is 0.756. The molecule has 27 heavy (non-hydrogen) atoms. The summed E-state index contributed by atoms with van der Waals surface area (Å²) in [5, 5.41) is 28.0. The fraction of sp³-hybridized carbons (Fsp3) is 1.00. The van der Waals surface area contributed by atoms with Crippen LogP contribution in [0, 0.1) is 0 Å². The average molecular weight is 460 g/mol. The number of unbranched alkanes of at least 4 members (excludes halogenated alkanes) is 2. The van der Waals surface area contributed by atoms with Crippen molar-refractivity contribution in [3.05, 3.63) is 0 Å². The van der Waals surface area contributed by atoms with Gasteiger partial charge in [-0.25, -0.2) is 13.7 Å². The zero-order valence-electron chi connectivity index (χ0n) is 14.9. The Labute approximate surface area is 156 Å². The van der Waals surface area contributed by atoms with Crippen LogP contribution in [0.4, 0.5) is 0 Å². The number of hydrogen-bond acceptors (Lipinski definition) is 9. The summed E-state index contributed by atoms with van der Waals surface area (Å²) in [5.74, 6) is -3.28. The van der Waals surface area contributed by atoms with E-state index >= 15 is 0 Å². The number of rotatable bonds is 14. The minimum absolute atomic E-state index is 0.0596. The number of hydrogen-bond donors (Lipinski definition) is 7. The Hall–Kier alpha value is 0.290. The van der Waals surface area contributed by atoms with E-state index in [1.165, 1.54) is 0 Å². The minimum Gasteiger partial charge on any atom is -0.344 e. The molecular formula is C11H27O13P3. The van der Waals surface area contributed by atoms with Crippen LogP contribution in [0.2, 0.25) is 0 Å². The minimum atomic E-state index is -5.71. The van der Waals surface area contributed by atoms with Gasteiger partial charge in [0.25, 0.3) is 5.97 Å². The third-order valence-electron chi connectivity index (χ3n) is 3.26. The zero-order valence-corrected chi connectivity index (χ0v) is 17.6. The summed E-state index contributed by atoms with van der Waals surface area (Å²) in [5.41, 5.74) is -1.85. The second-order valence-corrected chi connectivity index (χ2v) is 10.4. The Kier molecular flexibility index (Phi) is 10.5. The Morgan fingerprint density at radius 2 is 1.22 bits per heavy atom. The van der Waals surface area contributed by atoms with E-state index in [1.807, 2.05) is 0 Å². The van der Waals surface area contributed by atoms with Crippen LogP contribution in [-0.2, 0) is 26.8 Å². The largest absolute Gasteiger partial charge is 0.490 e. The van der Waals surface area contributed by atoms with Crippen molar-refractivity contribution in [2.75, 3.05) is 0 Å². The lowest BCUT2D eigenvalue weighted by atomic mass is 9.87. The van der Waals surface area contributed by atoms with Crippen LogP contribution in [0.1, 0.15) is 58.8 Å². The van der Waals surface area contributed by atoms with Gasteiger partial charge in [0.1, 0.15) is 0 Å². The van der Waals surface area contributed by atoms with Crippen LogP contribution in [-0.4, -0.2) is 46.5 Å². The molecule has 0 saturated carbocycles. The van der Waals surface area contributed by atoms with Crippen molar-refractivity contribution in [2.45, 2.75) is 70.4 Å². The molecule has 0 aromatic carbocycles. The molecule has 0 spiro atoms. The van der Waals surface area contributed by atoms with E-state index in [-0.39, 0.29) is 12.8 Å². The van der Waals surface area contributed by atoms with Gasteiger partial charge in [-0.15, -0.1) is 0 Å². The molecule has 2 unspecified atom stereocenters. The third kappa shape index (κ3) is 13.2. The fourth-order valence-corrected chi connectivity index (χ4v) is 5.77. The first-order valence-electron chi connectivity index (χ1n) is 7.96. The standard InChI is InChI=1S/C11H27O13P3/c1-3-5-7-10(8-6-4-2,9-11(12,13)14)22-26(18,19)24-27(20,21)23-25(15,16)17/h12-14H,3-9H2,1-2H3,(H,18,19)(H,20,21)(H2,15,16,17). The highest BCUT2D eigenvalue weighted by atomic mass is 31.3. The Bertz CT molecular complexity index is 587. The monoisotopic (exact) mass is 460 g/mol. The normalized spacial score (nSPS) is 18.1. The van der Waals surface area contributed by atoms with Gasteiger partial charge >= 0.3 is 23.5 Å². The molecule has 2 atom stereocenters. The summed E-state index contributed by atoms with van der Waals surface area (Å²) in [7, 11) is -16.8. The van der Waals surface area contributed by atoms with E-state index in [4.69, 9.17) is 14.3 Å². The summed E-state index contributed by atoms with van der Waals surface area (Å²) in [4.78, 5) is 36.1. The highest BCUT2D eigenvalue weighted by Gasteiger charge is 2.48. The van der Waals surface area contributed by atoms with Gasteiger partial charge < -0.3 is 34.9 Å². The Morgan fingerprint density at radius 3 is 1.56 bits per heavy atom. The van der Waals surface area contributed by atoms with Gasteiger partial charge in [-0.1, -0.05) is 39.5 Å². The van der Waals surface area contributed by atoms with Gasteiger partial charge in [0.05, 0.1) is 12.0 Å². The molecule has 0 fully saturated rings. The van der Waals surface area contributed by atoms with Crippen molar-refractivity contribution in [3.8, 4) is 0 Å². The van der Waals surface area contributed by atoms with Crippen LogP contribution in [0.5, 0.6) is 0 Å². The first-order valence-corrected chi connectivity index (χ1v) is 12.5. The summed E-state index contributed by atoms with van der Waals surface area (Å²) in [6, 6.07) is 0. The smallest absolute Gasteiger partial charge is 0.344 e. The lowest BCUT2D eigenvalue weighted by Crippen LogP contribution is -2.43. The molecule has 0 amide bonds. The van der Waals surface area contributed by atoms with Gasteiger partial charge in [0.15, 0.2) is 0 Å². The van der Waals surface area contributed by atoms with Crippen LogP contribution < -0.4 is 0 Å². The van der Waals surface area contributed by atoms with E-state index in [0.717, 1.165) is 0 Å². The van der Waals surface area contributed by atoms with Crippen LogP contribution in [0.3, 0.4) is 0 Å². The molecular weight excluding hydrogens is 433 g/mol. The molecule has 7 N–H and O–H groups in total. The van der Waals surface area contributed by atoms with E-state index in [9.17, 15) is 38.8 Å².